The maximum Gasteiger partial charge on any atom is 0.337 e. The molecule has 0 aliphatic rings. The van der Waals surface area contributed by atoms with Gasteiger partial charge in [-0.2, -0.15) is 0 Å². The molecule has 2 N–H and O–H groups in total. The molecule has 0 aliphatic heterocycles. The summed E-state index contributed by atoms with van der Waals surface area (Å²) in [5.41, 5.74) is 4.26. The van der Waals surface area contributed by atoms with Crippen LogP contribution in [-0.2, 0) is 16.1 Å². The molecule has 3 aromatic rings. The Balaban J connectivity index is 1.65. The summed E-state index contributed by atoms with van der Waals surface area (Å²) in [5, 5.41) is 13.4. The standard InChI is InChI=1S/C22H23N5O4/c1-13-6-5-7-18(14(13)2)24-21(29)20-15(3)27(26-25-20)12-19(28)23-17-10-8-16(9-11-17)22(30)31-4/h5-11H,12H2,1-4H3,(H,23,28)(H,24,29). The molecule has 9 heteroatoms. The molecule has 0 unspecified atom stereocenters. The summed E-state index contributed by atoms with van der Waals surface area (Å²) in [6.07, 6.45) is 0. The molecule has 0 aliphatic carbocycles. The summed E-state index contributed by atoms with van der Waals surface area (Å²) < 4.78 is 6.00. The number of aryl methyl sites for hydroxylation is 1. The van der Waals surface area contributed by atoms with Gasteiger partial charge in [-0.25, -0.2) is 9.48 Å². The van der Waals surface area contributed by atoms with Crippen LogP contribution in [0.1, 0.15) is 37.7 Å². The first-order valence-electron chi connectivity index (χ1n) is 9.56. The topological polar surface area (TPSA) is 115 Å². The second kappa shape index (κ2) is 9.21. The number of anilines is 2. The molecule has 0 radical (unpaired) electrons. The highest BCUT2D eigenvalue weighted by atomic mass is 16.5. The summed E-state index contributed by atoms with van der Waals surface area (Å²) in [7, 11) is 1.30. The number of benzene rings is 2. The van der Waals surface area contributed by atoms with E-state index in [9.17, 15) is 14.4 Å². The Hall–Kier alpha value is -4.01. The number of esters is 1. The molecule has 0 bridgehead atoms. The van der Waals surface area contributed by atoms with E-state index in [1.54, 1.807) is 31.2 Å². The summed E-state index contributed by atoms with van der Waals surface area (Å²) in [6.45, 7) is 5.45. The molecule has 9 nitrogen and oxygen atoms in total. The van der Waals surface area contributed by atoms with Gasteiger partial charge in [0.25, 0.3) is 5.91 Å². The average molecular weight is 421 g/mol. The van der Waals surface area contributed by atoms with Crippen LogP contribution in [0.25, 0.3) is 0 Å². The highest BCUT2D eigenvalue weighted by molar-refractivity contribution is 6.04. The minimum absolute atomic E-state index is 0.117. The molecule has 0 spiro atoms. The van der Waals surface area contributed by atoms with E-state index in [0.717, 1.165) is 11.1 Å². The Bertz CT molecular complexity index is 1140. The predicted octanol–water partition coefficient (Wildman–Crippen LogP) is 2.88. The Morgan fingerprint density at radius 1 is 1.00 bits per heavy atom. The number of carbonyl (C=O) groups is 3. The lowest BCUT2D eigenvalue weighted by molar-refractivity contribution is -0.117. The molecular formula is C22H23N5O4. The Morgan fingerprint density at radius 2 is 1.71 bits per heavy atom. The van der Waals surface area contributed by atoms with Crippen molar-refractivity contribution >= 4 is 29.2 Å². The van der Waals surface area contributed by atoms with Gasteiger partial charge >= 0.3 is 5.97 Å². The second-order valence-electron chi connectivity index (χ2n) is 7.00. The zero-order chi connectivity index (χ0) is 22.5. The fraction of sp³-hybridized carbons (Fsp3) is 0.227. The fourth-order valence-electron chi connectivity index (χ4n) is 2.93. The van der Waals surface area contributed by atoms with Crippen LogP contribution in [0.5, 0.6) is 0 Å². The van der Waals surface area contributed by atoms with Crippen molar-refractivity contribution in [3.63, 3.8) is 0 Å². The van der Waals surface area contributed by atoms with Gasteiger partial charge in [0, 0.05) is 11.4 Å². The second-order valence-corrected chi connectivity index (χ2v) is 7.00. The van der Waals surface area contributed by atoms with Crippen LogP contribution >= 0.6 is 0 Å². The predicted molar refractivity (Wildman–Crippen MR) is 115 cm³/mol. The van der Waals surface area contributed by atoms with E-state index in [0.29, 0.717) is 22.6 Å². The number of ether oxygens (including phenoxy) is 1. The van der Waals surface area contributed by atoms with Crippen LogP contribution in [0, 0.1) is 20.8 Å². The fourth-order valence-corrected chi connectivity index (χ4v) is 2.93. The van der Waals surface area contributed by atoms with Crippen LogP contribution in [0.15, 0.2) is 42.5 Å². The minimum Gasteiger partial charge on any atom is -0.465 e. The zero-order valence-corrected chi connectivity index (χ0v) is 17.7. The van der Waals surface area contributed by atoms with Crippen LogP contribution in [0.2, 0.25) is 0 Å². The van der Waals surface area contributed by atoms with Gasteiger partial charge in [0.15, 0.2) is 5.69 Å². The lowest BCUT2D eigenvalue weighted by atomic mass is 10.1. The molecule has 0 saturated carbocycles. The van der Waals surface area contributed by atoms with E-state index in [1.807, 2.05) is 32.0 Å². The van der Waals surface area contributed by atoms with Crippen molar-refractivity contribution in [2.24, 2.45) is 0 Å². The van der Waals surface area contributed by atoms with E-state index >= 15 is 0 Å². The molecule has 3 rings (SSSR count). The molecule has 0 fully saturated rings. The summed E-state index contributed by atoms with van der Waals surface area (Å²) in [5.74, 6) is -1.20. The van der Waals surface area contributed by atoms with E-state index < -0.39 is 11.9 Å². The van der Waals surface area contributed by atoms with Crippen molar-refractivity contribution in [1.82, 2.24) is 15.0 Å². The van der Waals surface area contributed by atoms with Gasteiger partial charge < -0.3 is 15.4 Å². The van der Waals surface area contributed by atoms with Gasteiger partial charge in [0.1, 0.15) is 6.54 Å². The summed E-state index contributed by atoms with van der Waals surface area (Å²) >= 11 is 0. The first kappa shape index (κ1) is 21.7. The van der Waals surface area contributed by atoms with Gasteiger partial charge in [0.2, 0.25) is 5.91 Å². The molecule has 1 heterocycles. The highest BCUT2D eigenvalue weighted by Crippen LogP contribution is 2.19. The van der Waals surface area contributed by atoms with Gasteiger partial charge in [0.05, 0.1) is 18.4 Å². The first-order chi connectivity index (χ1) is 14.8. The van der Waals surface area contributed by atoms with Crippen LogP contribution in [0.3, 0.4) is 0 Å². The molecule has 0 saturated heterocycles. The molecule has 2 aromatic carbocycles. The number of aromatic nitrogens is 3. The molecule has 31 heavy (non-hydrogen) atoms. The number of carbonyl (C=O) groups excluding carboxylic acids is 3. The van der Waals surface area contributed by atoms with Gasteiger partial charge in [-0.1, -0.05) is 17.3 Å². The lowest BCUT2D eigenvalue weighted by Crippen LogP contribution is -2.21. The van der Waals surface area contributed by atoms with Crippen molar-refractivity contribution < 1.29 is 19.1 Å². The molecular weight excluding hydrogens is 398 g/mol. The van der Waals surface area contributed by atoms with Gasteiger partial charge in [-0.05, 0) is 62.2 Å². The van der Waals surface area contributed by atoms with Crippen molar-refractivity contribution in [3.8, 4) is 0 Å². The monoisotopic (exact) mass is 421 g/mol. The summed E-state index contributed by atoms with van der Waals surface area (Å²) in [6, 6.07) is 12.0. The molecule has 1 aromatic heterocycles. The maximum atomic E-state index is 12.6. The lowest BCUT2D eigenvalue weighted by Gasteiger charge is -2.10. The summed E-state index contributed by atoms with van der Waals surface area (Å²) in [4.78, 5) is 36.5. The van der Waals surface area contributed by atoms with Crippen molar-refractivity contribution in [2.45, 2.75) is 27.3 Å². The quantitative estimate of drug-likeness (QED) is 0.592. The number of methoxy groups -OCH3 is 1. The third-order valence-corrected chi connectivity index (χ3v) is 4.93. The van der Waals surface area contributed by atoms with Crippen molar-refractivity contribution in [2.75, 3.05) is 17.7 Å². The first-order valence-corrected chi connectivity index (χ1v) is 9.56. The molecule has 0 atom stereocenters. The number of amides is 2. The van der Waals surface area contributed by atoms with E-state index in [4.69, 9.17) is 0 Å². The Morgan fingerprint density at radius 3 is 2.39 bits per heavy atom. The number of hydrogen-bond acceptors (Lipinski definition) is 6. The van der Waals surface area contributed by atoms with Gasteiger partial charge in [-0.3, -0.25) is 9.59 Å². The third-order valence-electron chi connectivity index (χ3n) is 4.93. The van der Waals surface area contributed by atoms with Crippen molar-refractivity contribution in [1.29, 1.82) is 0 Å². The highest BCUT2D eigenvalue weighted by Gasteiger charge is 2.19. The third kappa shape index (κ3) is 4.95. The Kier molecular flexibility index (Phi) is 6.44. The largest absolute Gasteiger partial charge is 0.465 e. The van der Waals surface area contributed by atoms with Crippen LogP contribution in [-0.4, -0.2) is 39.9 Å². The molecule has 2 amide bonds. The zero-order valence-electron chi connectivity index (χ0n) is 17.7. The van der Waals surface area contributed by atoms with Crippen LogP contribution in [0.4, 0.5) is 11.4 Å². The van der Waals surface area contributed by atoms with E-state index in [2.05, 4.69) is 25.7 Å². The van der Waals surface area contributed by atoms with E-state index in [-0.39, 0.29) is 18.1 Å². The molecule has 160 valence electrons. The maximum absolute atomic E-state index is 12.6. The Labute approximate surface area is 179 Å². The number of rotatable bonds is 6. The smallest absolute Gasteiger partial charge is 0.337 e. The minimum atomic E-state index is -0.456. The number of nitrogens with one attached hydrogen (secondary N) is 2. The average Bonchev–Trinajstić information content (AvgIpc) is 3.11. The number of nitrogens with zero attached hydrogens (tertiary/aromatic N) is 3. The van der Waals surface area contributed by atoms with Crippen LogP contribution < -0.4 is 10.6 Å². The van der Waals surface area contributed by atoms with E-state index in [1.165, 1.54) is 11.8 Å². The SMILES string of the molecule is COC(=O)c1ccc(NC(=O)Cn2nnc(C(=O)Nc3cccc(C)c3C)c2C)cc1. The van der Waals surface area contributed by atoms with Crippen molar-refractivity contribution in [3.05, 3.63) is 70.5 Å². The van der Waals surface area contributed by atoms with Gasteiger partial charge in [-0.15, -0.1) is 5.10 Å². The number of hydrogen-bond donors (Lipinski definition) is 2. The normalized spacial score (nSPS) is 10.5.